The number of ether oxygens (including phenoxy) is 1. The van der Waals surface area contributed by atoms with Gasteiger partial charge in [-0.3, -0.25) is 0 Å². The molecule has 2 aromatic carbocycles. The monoisotopic (exact) mass is 460 g/mol. The molecule has 0 radical (unpaired) electrons. The molecule has 5 heteroatoms. The molecule has 0 saturated heterocycles. The number of halogens is 3. The van der Waals surface area contributed by atoms with Gasteiger partial charge in [-0.25, -0.2) is 0 Å². The Labute approximate surface area is 142 Å². The minimum atomic E-state index is -0.501. The highest BCUT2D eigenvalue weighted by atomic mass is 79.9. The SMILES string of the molecule is O[C@@H]1CC(c2ccc(Br)c(Br)c2)Oc2cc(Br)ccc21. The first-order valence-corrected chi connectivity index (χ1v) is 8.51. The van der Waals surface area contributed by atoms with Crippen LogP contribution in [0.5, 0.6) is 5.75 Å². The van der Waals surface area contributed by atoms with Gasteiger partial charge in [0.05, 0.1) is 6.10 Å². The number of fused-ring (bicyclic) bond motifs is 1. The van der Waals surface area contributed by atoms with E-state index in [1.807, 2.05) is 36.4 Å². The smallest absolute Gasteiger partial charge is 0.127 e. The maximum Gasteiger partial charge on any atom is 0.127 e. The van der Waals surface area contributed by atoms with Gasteiger partial charge in [0.1, 0.15) is 11.9 Å². The molecule has 1 aliphatic heterocycles. The van der Waals surface area contributed by atoms with Crippen LogP contribution in [0.15, 0.2) is 49.8 Å². The number of aliphatic hydroxyl groups is 1. The average molecular weight is 463 g/mol. The first-order valence-electron chi connectivity index (χ1n) is 6.13. The Morgan fingerprint density at radius 3 is 2.55 bits per heavy atom. The van der Waals surface area contributed by atoms with Gasteiger partial charge >= 0.3 is 0 Å². The summed E-state index contributed by atoms with van der Waals surface area (Å²) in [6.45, 7) is 0. The van der Waals surface area contributed by atoms with Crippen molar-refractivity contribution in [1.82, 2.24) is 0 Å². The molecular weight excluding hydrogens is 452 g/mol. The zero-order chi connectivity index (χ0) is 14.3. The zero-order valence-electron chi connectivity index (χ0n) is 10.3. The van der Waals surface area contributed by atoms with Gasteiger partial charge in [0.15, 0.2) is 0 Å². The van der Waals surface area contributed by atoms with E-state index in [-0.39, 0.29) is 6.10 Å². The molecule has 0 bridgehead atoms. The van der Waals surface area contributed by atoms with E-state index in [2.05, 4.69) is 47.8 Å². The van der Waals surface area contributed by atoms with E-state index < -0.39 is 6.10 Å². The van der Waals surface area contributed by atoms with Gasteiger partial charge in [-0.1, -0.05) is 28.1 Å². The molecule has 1 unspecified atom stereocenters. The average Bonchev–Trinajstić information content (AvgIpc) is 2.41. The molecular formula is C15H11Br3O2. The van der Waals surface area contributed by atoms with Crippen LogP contribution in [-0.2, 0) is 0 Å². The van der Waals surface area contributed by atoms with Crippen LogP contribution in [0.25, 0.3) is 0 Å². The second kappa shape index (κ2) is 5.79. The third-order valence-electron chi connectivity index (χ3n) is 3.36. The molecule has 0 aromatic heterocycles. The summed E-state index contributed by atoms with van der Waals surface area (Å²) < 4.78 is 8.96. The van der Waals surface area contributed by atoms with Gasteiger partial charge < -0.3 is 9.84 Å². The molecule has 0 fully saturated rings. The predicted octanol–water partition coefficient (Wildman–Crippen LogP) is 5.53. The molecule has 3 rings (SSSR count). The first-order chi connectivity index (χ1) is 9.54. The molecule has 104 valence electrons. The fourth-order valence-corrected chi connectivity index (χ4v) is 3.32. The van der Waals surface area contributed by atoms with Crippen LogP contribution in [0.3, 0.4) is 0 Å². The normalized spacial score (nSPS) is 21.2. The van der Waals surface area contributed by atoms with Gasteiger partial charge in [-0.2, -0.15) is 0 Å². The second-order valence-electron chi connectivity index (χ2n) is 4.71. The van der Waals surface area contributed by atoms with Crippen LogP contribution in [0.4, 0.5) is 0 Å². The van der Waals surface area contributed by atoms with E-state index in [0.29, 0.717) is 6.42 Å². The lowest BCUT2D eigenvalue weighted by molar-refractivity contribution is 0.0656. The van der Waals surface area contributed by atoms with E-state index in [9.17, 15) is 5.11 Å². The quantitative estimate of drug-likeness (QED) is 0.603. The van der Waals surface area contributed by atoms with Crippen molar-refractivity contribution in [2.45, 2.75) is 18.6 Å². The highest BCUT2D eigenvalue weighted by molar-refractivity contribution is 9.13. The van der Waals surface area contributed by atoms with Crippen molar-refractivity contribution < 1.29 is 9.84 Å². The Morgan fingerprint density at radius 1 is 1.00 bits per heavy atom. The minimum absolute atomic E-state index is 0.142. The third-order valence-corrected chi connectivity index (χ3v) is 5.73. The van der Waals surface area contributed by atoms with E-state index >= 15 is 0 Å². The van der Waals surface area contributed by atoms with Crippen LogP contribution in [0.1, 0.15) is 29.8 Å². The van der Waals surface area contributed by atoms with Crippen molar-refractivity contribution in [1.29, 1.82) is 0 Å². The molecule has 2 atom stereocenters. The van der Waals surface area contributed by atoms with Gasteiger partial charge in [0.25, 0.3) is 0 Å². The molecule has 2 nitrogen and oxygen atoms in total. The lowest BCUT2D eigenvalue weighted by Crippen LogP contribution is -2.19. The lowest BCUT2D eigenvalue weighted by Gasteiger charge is -2.30. The third kappa shape index (κ3) is 2.82. The van der Waals surface area contributed by atoms with Crippen molar-refractivity contribution in [3.8, 4) is 5.75 Å². The van der Waals surface area contributed by atoms with E-state index in [1.165, 1.54) is 0 Å². The van der Waals surface area contributed by atoms with Gasteiger partial charge in [-0.15, -0.1) is 0 Å². The summed E-state index contributed by atoms with van der Waals surface area (Å²) in [6.07, 6.45) is -0.0848. The van der Waals surface area contributed by atoms with E-state index in [0.717, 1.165) is 30.3 Å². The summed E-state index contributed by atoms with van der Waals surface area (Å²) in [4.78, 5) is 0. The maximum absolute atomic E-state index is 10.3. The standard InChI is InChI=1S/C15H11Br3O2/c16-9-2-3-10-13(19)7-14(20-15(10)6-9)8-1-4-11(17)12(18)5-8/h1-6,13-14,19H,7H2/t13-,14?/m1/s1. The minimum Gasteiger partial charge on any atom is -0.485 e. The number of hydrogen-bond acceptors (Lipinski definition) is 2. The maximum atomic E-state index is 10.3. The molecule has 1 aliphatic rings. The first kappa shape index (κ1) is 14.6. The molecule has 0 saturated carbocycles. The molecule has 0 amide bonds. The Hall–Kier alpha value is -0.360. The van der Waals surface area contributed by atoms with Crippen LogP contribution in [0.2, 0.25) is 0 Å². The number of benzene rings is 2. The van der Waals surface area contributed by atoms with Gasteiger partial charge in [0, 0.05) is 25.4 Å². The number of rotatable bonds is 1. The number of hydrogen-bond donors (Lipinski definition) is 1. The molecule has 1 N–H and O–H groups in total. The number of aliphatic hydroxyl groups excluding tert-OH is 1. The summed E-state index contributed by atoms with van der Waals surface area (Å²) in [7, 11) is 0. The second-order valence-corrected chi connectivity index (χ2v) is 7.34. The lowest BCUT2D eigenvalue weighted by atomic mass is 9.95. The summed E-state index contributed by atoms with van der Waals surface area (Å²) in [5.74, 6) is 0.738. The largest absolute Gasteiger partial charge is 0.485 e. The highest BCUT2D eigenvalue weighted by Crippen LogP contribution is 2.42. The summed E-state index contributed by atoms with van der Waals surface area (Å²) >= 11 is 10.4. The Balaban J connectivity index is 1.96. The fraction of sp³-hybridized carbons (Fsp3) is 0.200. The Morgan fingerprint density at radius 2 is 1.80 bits per heavy atom. The molecule has 20 heavy (non-hydrogen) atoms. The summed E-state index contributed by atoms with van der Waals surface area (Å²) in [5, 5.41) is 10.3. The summed E-state index contributed by atoms with van der Waals surface area (Å²) in [5.41, 5.74) is 1.89. The molecule has 2 aromatic rings. The highest BCUT2D eigenvalue weighted by Gasteiger charge is 2.28. The zero-order valence-corrected chi connectivity index (χ0v) is 15.1. The predicted molar refractivity (Wildman–Crippen MR) is 88.9 cm³/mol. The van der Waals surface area contributed by atoms with Crippen LogP contribution < -0.4 is 4.74 Å². The van der Waals surface area contributed by atoms with Gasteiger partial charge in [-0.05, 0) is 61.7 Å². The Bertz CT molecular complexity index is 658. The Kier molecular flexibility index (Phi) is 4.22. The van der Waals surface area contributed by atoms with Crippen molar-refractivity contribution in [2.75, 3.05) is 0 Å². The topological polar surface area (TPSA) is 29.5 Å². The fourth-order valence-electron chi connectivity index (χ4n) is 2.33. The van der Waals surface area contributed by atoms with Gasteiger partial charge in [0.2, 0.25) is 0 Å². The van der Waals surface area contributed by atoms with Crippen molar-refractivity contribution >= 4 is 47.8 Å². The van der Waals surface area contributed by atoms with Crippen molar-refractivity contribution in [3.63, 3.8) is 0 Å². The molecule has 1 heterocycles. The van der Waals surface area contributed by atoms with E-state index in [4.69, 9.17) is 4.74 Å². The molecule has 0 spiro atoms. The molecule has 0 aliphatic carbocycles. The van der Waals surface area contributed by atoms with Crippen LogP contribution in [0, 0.1) is 0 Å². The van der Waals surface area contributed by atoms with Crippen molar-refractivity contribution in [3.05, 3.63) is 60.9 Å². The van der Waals surface area contributed by atoms with Crippen LogP contribution >= 0.6 is 47.8 Å². The summed E-state index contributed by atoms with van der Waals surface area (Å²) in [6, 6.07) is 11.7. The van der Waals surface area contributed by atoms with Crippen molar-refractivity contribution in [2.24, 2.45) is 0 Å². The van der Waals surface area contributed by atoms with E-state index in [1.54, 1.807) is 0 Å². The van der Waals surface area contributed by atoms with Crippen LogP contribution in [-0.4, -0.2) is 5.11 Å².